The molecule has 13 heavy (non-hydrogen) atoms. The van der Waals surface area contributed by atoms with Gasteiger partial charge >= 0.3 is 0 Å². The van der Waals surface area contributed by atoms with E-state index in [9.17, 15) is 13.6 Å². The minimum absolute atomic E-state index is 0.352. The fourth-order valence-electron chi connectivity index (χ4n) is 0.954. The summed E-state index contributed by atoms with van der Waals surface area (Å²) < 4.78 is 24.4. The van der Waals surface area contributed by atoms with Crippen molar-refractivity contribution in [1.82, 2.24) is 4.98 Å². The van der Waals surface area contributed by atoms with Gasteiger partial charge in [0.2, 0.25) is 0 Å². The topological polar surface area (TPSA) is 73.3 Å². The molecule has 1 heterocycles. The van der Waals surface area contributed by atoms with Crippen LogP contribution >= 0.6 is 0 Å². The van der Waals surface area contributed by atoms with E-state index in [4.69, 9.17) is 10.2 Å². The Hall–Kier alpha value is -1.43. The van der Waals surface area contributed by atoms with Crippen LogP contribution in [-0.4, -0.2) is 15.2 Å². The number of aromatic amines is 1. The van der Waals surface area contributed by atoms with Crippen molar-refractivity contribution in [1.29, 1.82) is 0 Å². The van der Waals surface area contributed by atoms with Crippen LogP contribution in [0.5, 0.6) is 5.88 Å². The molecular formula is C7H7F2NO3. The van der Waals surface area contributed by atoms with Gasteiger partial charge in [0.25, 0.3) is 12.0 Å². The summed E-state index contributed by atoms with van der Waals surface area (Å²) in [6.45, 7) is -0.748. The van der Waals surface area contributed by atoms with E-state index in [-0.39, 0.29) is 5.56 Å². The van der Waals surface area contributed by atoms with E-state index in [2.05, 4.69) is 0 Å². The third kappa shape index (κ3) is 1.83. The van der Waals surface area contributed by atoms with Crippen molar-refractivity contribution in [2.75, 3.05) is 0 Å². The average Bonchev–Trinajstić information content (AvgIpc) is 2.02. The first kappa shape index (κ1) is 9.66. The van der Waals surface area contributed by atoms with E-state index >= 15 is 0 Å². The highest BCUT2D eigenvalue weighted by Gasteiger charge is 2.16. The zero-order chi connectivity index (χ0) is 10.0. The van der Waals surface area contributed by atoms with Crippen LogP contribution < -0.4 is 5.56 Å². The van der Waals surface area contributed by atoms with Crippen molar-refractivity contribution < 1.29 is 19.0 Å². The summed E-state index contributed by atoms with van der Waals surface area (Å²) in [6.07, 6.45) is -2.89. The van der Waals surface area contributed by atoms with Crippen LogP contribution in [0.3, 0.4) is 0 Å². The quantitative estimate of drug-likeness (QED) is 0.637. The number of hydrogen-bond donors (Lipinski definition) is 3. The molecule has 3 N–H and O–H groups in total. The third-order valence-corrected chi connectivity index (χ3v) is 1.56. The summed E-state index contributed by atoms with van der Waals surface area (Å²) in [5.41, 5.74) is -1.83. The highest BCUT2D eigenvalue weighted by molar-refractivity contribution is 5.33. The van der Waals surface area contributed by atoms with Crippen LogP contribution in [0.25, 0.3) is 0 Å². The molecule has 0 amide bonds. The average molecular weight is 191 g/mol. The molecule has 1 rings (SSSR count). The number of alkyl halides is 2. The standard InChI is InChI=1S/C7H7F2NO3/c8-6(9)3-1-5(12)10-7(13)4(3)2-11/h1,6,11H,2H2,(H2,10,12,13). The number of aromatic hydroxyl groups is 1. The highest BCUT2D eigenvalue weighted by atomic mass is 19.3. The van der Waals surface area contributed by atoms with Gasteiger partial charge in [-0.15, -0.1) is 0 Å². The Morgan fingerprint density at radius 2 is 2.15 bits per heavy atom. The predicted octanol–water partition coefficient (Wildman–Crippen LogP) is 0.510. The van der Waals surface area contributed by atoms with E-state index in [1.165, 1.54) is 0 Å². The molecular weight excluding hydrogens is 184 g/mol. The number of aliphatic hydroxyl groups excluding tert-OH is 1. The van der Waals surface area contributed by atoms with E-state index < -0.39 is 30.0 Å². The monoisotopic (exact) mass is 191 g/mol. The molecule has 0 spiro atoms. The van der Waals surface area contributed by atoms with Crippen molar-refractivity contribution in [3.8, 4) is 5.88 Å². The molecule has 4 nitrogen and oxygen atoms in total. The summed E-state index contributed by atoms with van der Waals surface area (Å²) in [4.78, 5) is 12.5. The van der Waals surface area contributed by atoms with Gasteiger partial charge in [-0.05, 0) is 0 Å². The largest absolute Gasteiger partial charge is 0.494 e. The highest BCUT2D eigenvalue weighted by Crippen LogP contribution is 2.25. The normalized spacial score (nSPS) is 10.8. The Labute approximate surface area is 71.5 Å². The van der Waals surface area contributed by atoms with Gasteiger partial charge in [-0.25, -0.2) is 8.78 Å². The molecule has 1 aromatic rings. The number of aliphatic hydroxyl groups is 1. The molecule has 0 saturated heterocycles. The number of H-pyrrole nitrogens is 1. The van der Waals surface area contributed by atoms with Crippen LogP contribution in [0, 0.1) is 0 Å². The first-order chi connectivity index (χ1) is 6.06. The molecule has 0 atom stereocenters. The fourth-order valence-corrected chi connectivity index (χ4v) is 0.954. The molecule has 6 heteroatoms. The summed E-state index contributed by atoms with van der Waals surface area (Å²) >= 11 is 0. The van der Waals surface area contributed by atoms with E-state index in [0.717, 1.165) is 0 Å². The van der Waals surface area contributed by atoms with Crippen LogP contribution in [0.1, 0.15) is 17.6 Å². The first-order valence-electron chi connectivity index (χ1n) is 3.40. The van der Waals surface area contributed by atoms with E-state index in [1.807, 2.05) is 4.98 Å². The molecule has 0 aliphatic carbocycles. The zero-order valence-electron chi connectivity index (χ0n) is 6.42. The van der Waals surface area contributed by atoms with Crippen molar-refractivity contribution in [3.63, 3.8) is 0 Å². The van der Waals surface area contributed by atoms with Crippen LogP contribution in [-0.2, 0) is 6.61 Å². The Morgan fingerprint density at radius 3 is 2.62 bits per heavy atom. The molecule has 0 saturated carbocycles. The molecule has 0 aromatic carbocycles. The summed E-state index contributed by atoms with van der Waals surface area (Å²) in [5.74, 6) is -0.717. The lowest BCUT2D eigenvalue weighted by Gasteiger charge is -2.06. The summed E-state index contributed by atoms with van der Waals surface area (Å²) in [6, 6.07) is 0.649. The van der Waals surface area contributed by atoms with Gasteiger partial charge in [-0.3, -0.25) is 9.78 Å². The minimum Gasteiger partial charge on any atom is -0.494 e. The summed E-state index contributed by atoms with van der Waals surface area (Å²) in [5, 5.41) is 17.6. The van der Waals surface area contributed by atoms with Crippen LogP contribution in [0.4, 0.5) is 8.78 Å². The van der Waals surface area contributed by atoms with Crippen LogP contribution in [0.15, 0.2) is 10.9 Å². The maximum atomic E-state index is 12.2. The van der Waals surface area contributed by atoms with Gasteiger partial charge in [-0.2, -0.15) is 0 Å². The molecule has 0 bridgehead atoms. The Balaban J connectivity index is 3.38. The number of nitrogens with one attached hydrogen (secondary N) is 1. The molecule has 0 radical (unpaired) electrons. The molecule has 0 aliphatic rings. The maximum absolute atomic E-state index is 12.2. The lowest BCUT2D eigenvalue weighted by molar-refractivity contribution is 0.145. The van der Waals surface area contributed by atoms with Gasteiger partial charge in [0.1, 0.15) is 0 Å². The predicted molar refractivity (Wildman–Crippen MR) is 39.6 cm³/mol. The molecule has 0 unspecified atom stereocenters. The molecule has 0 fully saturated rings. The maximum Gasteiger partial charge on any atom is 0.264 e. The van der Waals surface area contributed by atoms with Crippen molar-refractivity contribution in [2.24, 2.45) is 0 Å². The third-order valence-electron chi connectivity index (χ3n) is 1.56. The molecule has 72 valence electrons. The molecule has 1 aromatic heterocycles. The first-order valence-corrected chi connectivity index (χ1v) is 3.40. The zero-order valence-corrected chi connectivity index (χ0v) is 6.42. The Bertz CT molecular complexity index is 361. The second-order valence-corrected chi connectivity index (χ2v) is 2.37. The smallest absolute Gasteiger partial charge is 0.264 e. The SMILES string of the molecule is O=c1cc(C(F)F)c(CO)c(O)[nH]1. The van der Waals surface area contributed by atoms with Crippen molar-refractivity contribution in [2.45, 2.75) is 13.0 Å². The fraction of sp³-hybridized carbons (Fsp3) is 0.286. The van der Waals surface area contributed by atoms with Gasteiger partial charge in [-0.1, -0.05) is 0 Å². The number of halogens is 2. The molecule has 0 aliphatic heterocycles. The Kier molecular flexibility index (Phi) is 2.62. The second-order valence-electron chi connectivity index (χ2n) is 2.37. The van der Waals surface area contributed by atoms with Gasteiger partial charge < -0.3 is 10.2 Å². The van der Waals surface area contributed by atoms with Crippen LogP contribution in [0.2, 0.25) is 0 Å². The number of hydrogen-bond acceptors (Lipinski definition) is 3. The lowest BCUT2D eigenvalue weighted by Crippen LogP contribution is -2.09. The van der Waals surface area contributed by atoms with Crippen molar-refractivity contribution in [3.05, 3.63) is 27.5 Å². The summed E-state index contributed by atoms with van der Waals surface area (Å²) in [7, 11) is 0. The number of rotatable bonds is 2. The minimum atomic E-state index is -2.89. The van der Waals surface area contributed by atoms with Gasteiger partial charge in [0.05, 0.1) is 6.61 Å². The number of aromatic nitrogens is 1. The number of pyridine rings is 1. The van der Waals surface area contributed by atoms with Crippen molar-refractivity contribution >= 4 is 0 Å². The Morgan fingerprint density at radius 1 is 1.54 bits per heavy atom. The second kappa shape index (κ2) is 3.53. The van der Waals surface area contributed by atoms with E-state index in [0.29, 0.717) is 6.07 Å². The van der Waals surface area contributed by atoms with E-state index in [1.54, 1.807) is 0 Å². The van der Waals surface area contributed by atoms with Gasteiger partial charge in [0, 0.05) is 17.2 Å². The van der Waals surface area contributed by atoms with Gasteiger partial charge in [0.15, 0.2) is 5.88 Å². The lowest BCUT2D eigenvalue weighted by atomic mass is 10.1.